The minimum absolute atomic E-state index is 0.114. The fourth-order valence-corrected chi connectivity index (χ4v) is 3.87. The maximum absolute atomic E-state index is 12.4. The summed E-state index contributed by atoms with van der Waals surface area (Å²) in [4.78, 5) is 16.6. The molecule has 1 heterocycles. The maximum Gasteiger partial charge on any atom is 0.242 e. The van der Waals surface area contributed by atoms with E-state index in [0.717, 1.165) is 4.31 Å². The normalized spacial score (nSPS) is 12.8. The van der Waals surface area contributed by atoms with E-state index in [0.29, 0.717) is 15.7 Å². The first-order valence-corrected chi connectivity index (χ1v) is 10.0. The van der Waals surface area contributed by atoms with E-state index in [4.69, 9.17) is 11.6 Å². The van der Waals surface area contributed by atoms with Crippen LogP contribution in [0.5, 0.6) is 0 Å². The van der Waals surface area contributed by atoms with Crippen molar-refractivity contribution in [2.45, 2.75) is 22.1 Å². The average Bonchev–Trinajstić information content (AvgIpc) is 2.57. The molecule has 0 spiro atoms. The summed E-state index contributed by atoms with van der Waals surface area (Å²) in [5, 5.41) is 3.31. The van der Waals surface area contributed by atoms with Gasteiger partial charge in [0.15, 0.2) is 0 Å². The first kappa shape index (κ1) is 19.7. The van der Waals surface area contributed by atoms with Gasteiger partial charge in [-0.05, 0) is 37.3 Å². The zero-order valence-electron chi connectivity index (χ0n) is 13.9. The van der Waals surface area contributed by atoms with E-state index in [9.17, 15) is 13.2 Å². The predicted molar refractivity (Wildman–Crippen MR) is 101 cm³/mol. The number of amides is 1. The van der Waals surface area contributed by atoms with Crippen LogP contribution in [0.1, 0.15) is 6.92 Å². The number of anilines is 1. The molecule has 1 aromatic heterocycles. The number of nitrogens with zero attached hydrogens (tertiary/aromatic N) is 2. The van der Waals surface area contributed by atoms with Crippen LogP contribution in [0.15, 0.2) is 52.5 Å². The fourth-order valence-electron chi connectivity index (χ4n) is 1.87. The van der Waals surface area contributed by atoms with Crippen molar-refractivity contribution < 1.29 is 13.2 Å². The highest BCUT2D eigenvalue weighted by Gasteiger charge is 2.20. The van der Waals surface area contributed by atoms with Gasteiger partial charge in [0.1, 0.15) is 5.03 Å². The van der Waals surface area contributed by atoms with Crippen LogP contribution in [-0.2, 0) is 14.8 Å². The molecule has 2 aromatic rings. The van der Waals surface area contributed by atoms with Crippen LogP contribution in [0.2, 0.25) is 5.02 Å². The molecule has 0 aliphatic rings. The van der Waals surface area contributed by atoms with Crippen molar-refractivity contribution in [2.75, 3.05) is 19.4 Å². The van der Waals surface area contributed by atoms with E-state index in [1.54, 1.807) is 37.4 Å². The third-order valence-corrected chi connectivity index (χ3v) is 6.61. The number of thioether (sulfide) groups is 1. The summed E-state index contributed by atoms with van der Waals surface area (Å²) in [5.41, 5.74) is 0.410. The maximum atomic E-state index is 12.4. The number of pyridine rings is 1. The topological polar surface area (TPSA) is 79.4 Å². The van der Waals surface area contributed by atoms with Gasteiger partial charge in [-0.3, -0.25) is 4.79 Å². The van der Waals surface area contributed by atoms with Crippen molar-refractivity contribution >= 4 is 45.0 Å². The fraction of sp³-hybridized carbons (Fsp3) is 0.250. The molecule has 1 atom stereocenters. The van der Waals surface area contributed by atoms with Crippen molar-refractivity contribution in [3.8, 4) is 0 Å². The standard InChI is InChI=1S/C16H18ClN3O3S2/c1-11(24-16-14(17)8-5-9-18-16)15(21)19-12-6-4-7-13(10-12)25(22,23)20(2)3/h4-11H,1-3H3,(H,19,21)/t11-/m0/s1. The van der Waals surface area contributed by atoms with E-state index in [2.05, 4.69) is 10.3 Å². The van der Waals surface area contributed by atoms with Crippen molar-refractivity contribution in [1.82, 2.24) is 9.29 Å². The summed E-state index contributed by atoms with van der Waals surface area (Å²) < 4.78 is 25.5. The van der Waals surface area contributed by atoms with Gasteiger partial charge in [-0.2, -0.15) is 0 Å². The lowest BCUT2D eigenvalue weighted by molar-refractivity contribution is -0.115. The molecule has 0 unspecified atom stereocenters. The van der Waals surface area contributed by atoms with Gasteiger partial charge in [-0.25, -0.2) is 17.7 Å². The van der Waals surface area contributed by atoms with Gasteiger partial charge < -0.3 is 5.32 Å². The van der Waals surface area contributed by atoms with Crippen LogP contribution in [0.3, 0.4) is 0 Å². The monoisotopic (exact) mass is 399 g/mol. The summed E-state index contributed by atoms with van der Waals surface area (Å²) in [7, 11) is -0.652. The third-order valence-electron chi connectivity index (χ3n) is 3.26. The number of carbonyl (C=O) groups excluding carboxylic acids is 1. The molecule has 0 radical (unpaired) electrons. The molecule has 6 nitrogen and oxygen atoms in total. The van der Waals surface area contributed by atoms with E-state index in [1.807, 2.05) is 0 Å². The number of hydrogen-bond donors (Lipinski definition) is 1. The SMILES string of the molecule is C[C@H](Sc1ncccc1Cl)C(=O)Nc1cccc(S(=O)(=O)N(C)C)c1. The molecule has 134 valence electrons. The summed E-state index contributed by atoms with van der Waals surface area (Å²) in [6, 6.07) is 9.55. The van der Waals surface area contributed by atoms with Crippen LogP contribution in [0.4, 0.5) is 5.69 Å². The first-order valence-electron chi connectivity index (χ1n) is 7.32. The molecule has 0 saturated carbocycles. The Kier molecular flexibility index (Phi) is 6.45. The molecule has 1 N–H and O–H groups in total. The van der Waals surface area contributed by atoms with E-state index >= 15 is 0 Å². The van der Waals surface area contributed by atoms with Crippen LogP contribution < -0.4 is 5.32 Å². The van der Waals surface area contributed by atoms with Gasteiger partial charge in [-0.1, -0.05) is 29.4 Å². The number of hydrogen-bond acceptors (Lipinski definition) is 5. The van der Waals surface area contributed by atoms with Crippen molar-refractivity contribution in [3.05, 3.63) is 47.6 Å². The number of aromatic nitrogens is 1. The van der Waals surface area contributed by atoms with Crippen molar-refractivity contribution in [2.24, 2.45) is 0 Å². The Morgan fingerprint density at radius 2 is 2.00 bits per heavy atom. The molecular formula is C16H18ClN3O3S2. The largest absolute Gasteiger partial charge is 0.325 e. The van der Waals surface area contributed by atoms with Crippen molar-refractivity contribution in [1.29, 1.82) is 0 Å². The second-order valence-electron chi connectivity index (χ2n) is 5.35. The molecular weight excluding hydrogens is 382 g/mol. The van der Waals surface area contributed by atoms with Gasteiger partial charge in [-0.15, -0.1) is 0 Å². The highest BCUT2D eigenvalue weighted by molar-refractivity contribution is 8.00. The second kappa shape index (κ2) is 8.18. The molecule has 1 amide bonds. The highest BCUT2D eigenvalue weighted by atomic mass is 35.5. The lowest BCUT2D eigenvalue weighted by Gasteiger charge is -2.14. The quantitative estimate of drug-likeness (QED) is 0.755. The van der Waals surface area contributed by atoms with Gasteiger partial charge in [0, 0.05) is 26.0 Å². The number of nitrogens with one attached hydrogen (secondary N) is 1. The molecule has 9 heteroatoms. The number of carbonyl (C=O) groups is 1. The second-order valence-corrected chi connectivity index (χ2v) is 9.24. The van der Waals surface area contributed by atoms with Crippen molar-refractivity contribution in [3.63, 3.8) is 0 Å². The van der Waals surface area contributed by atoms with Crippen LogP contribution in [-0.4, -0.2) is 43.0 Å². The summed E-state index contributed by atoms with van der Waals surface area (Å²) in [5.74, 6) is -0.272. The molecule has 0 aliphatic heterocycles. The summed E-state index contributed by atoms with van der Waals surface area (Å²) >= 11 is 7.28. The van der Waals surface area contributed by atoms with Crippen LogP contribution >= 0.6 is 23.4 Å². The minimum atomic E-state index is -3.56. The smallest absolute Gasteiger partial charge is 0.242 e. The molecule has 0 aliphatic carbocycles. The van der Waals surface area contributed by atoms with Gasteiger partial charge in [0.25, 0.3) is 0 Å². The van der Waals surface area contributed by atoms with Crippen LogP contribution in [0, 0.1) is 0 Å². The Hall–Kier alpha value is -1.61. The number of halogens is 1. The summed E-state index contributed by atoms with van der Waals surface area (Å²) in [6.07, 6.45) is 1.61. The molecule has 0 fully saturated rings. The van der Waals surface area contributed by atoms with E-state index in [-0.39, 0.29) is 10.8 Å². The molecule has 25 heavy (non-hydrogen) atoms. The Morgan fingerprint density at radius 3 is 2.64 bits per heavy atom. The van der Waals surface area contributed by atoms with Gasteiger partial charge in [0.2, 0.25) is 15.9 Å². The lowest BCUT2D eigenvalue weighted by atomic mass is 10.3. The molecule has 1 aromatic carbocycles. The molecule has 0 saturated heterocycles. The Balaban J connectivity index is 2.12. The first-order chi connectivity index (χ1) is 11.7. The van der Waals surface area contributed by atoms with E-state index < -0.39 is 15.3 Å². The number of rotatable bonds is 6. The Labute approximate surface area is 156 Å². The van der Waals surface area contributed by atoms with Gasteiger partial charge in [0.05, 0.1) is 15.2 Å². The molecule has 2 rings (SSSR count). The lowest BCUT2D eigenvalue weighted by Crippen LogP contribution is -2.24. The summed E-state index contributed by atoms with van der Waals surface area (Å²) in [6.45, 7) is 1.73. The Bertz CT molecular complexity index is 872. The van der Waals surface area contributed by atoms with E-state index in [1.165, 1.54) is 38.0 Å². The number of benzene rings is 1. The van der Waals surface area contributed by atoms with Gasteiger partial charge >= 0.3 is 0 Å². The predicted octanol–water partition coefficient (Wildman–Crippen LogP) is 3.10. The third kappa shape index (κ3) is 4.94. The number of sulfonamides is 1. The zero-order chi connectivity index (χ0) is 18.6. The average molecular weight is 400 g/mol. The van der Waals surface area contributed by atoms with Crippen LogP contribution in [0.25, 0.3) is 0 Å². The molecule has 0 bridgehead atoms. The Morgan fingerprint density at radius 1 is 1.28 bits per heavy atom. The zero-order valence-corrected chi connectivity index (χ0v) is 16.3. The highest BCUT2D eigenvalue weighted by Crippen LogP contribution is 2.28. The minimum Gasteiger partial charge on any atom is -0.325 e.